The molecule has 19 heavy (non-hydrogen) atoms. The molecule has 0 bridgehead atoms. The highest BCUT2D eigenvalue weighted by Crippen LogP contribution is 2.28. The van der Waals surface area contributed by atoms with Crippen molar-refractivity contribution in [1.82, 2.24) is 0 Å². The van der Waals surface area contributed by atoms with Gasteiger partial charge in [0.2, 0.25) is 0 Å². The molecule has 0 fully saturated rings. The van der Waals surface area contributed by atoms with Crippen LogP contribution in [0.2, 0.25) is 5.02 Å². The Morgan fingerprint density at radius 2 is 1.74 bits per heavy atom. The average Bonchev–Trinajstić information content (AvgIpc) is 2.40. The number of ether oxygens (including phenoxy) is 2. The second-order valence-corrected chi connectivity index (χ2v) is 4.31. The van der Waals surface area contributed by atoms with E-state index in [4.69, 9.17) is 21.1 Å². The minimum atomic E-state index is -0.358. The summed E-state index contributed by atoms with van der Waals surface area (Å²) < 4.78 is 24.1. The predicted octanol–water partition coefficient (Wildman–Crippen LogP) is 4.46. The maximum absolute atomic E-state index is 12.9. The number of halogens is 2. The van der Waals surface area contributed by atoms with Gasteiger partial charge in [-0.2, -0.15) is 0 Å². The zero-order chi connectivity index (χ0) is 13.7. The standard InChI is InChI=1S/C15H14ClFO2/c1-2-18-14-5-3-4-6-15(14)19-10-11-7-8-12(17)9-13(11)16/h3-9H,2,10H2,1H3. The molecule has 0 heterocycles. The van der Waals surface area contributed by atoms with Crippen LogP contribution < -0.4 is 9.47 Å². The van der Waals surface area contributed by atoms with Gasteiger partial charge in [-0.15, -0.1) is 0 Å². The normalized spacial score (nSPS) is 10.3. The van der Waals surface area contributed by atoms with E-state index in [0.717, 1.165) is 5.56 Å². The molecule has 0 aliphatic heterocycles. The molecule has 0 atom stereocenters. The fourth-order valence-electron chi connectivity index (χ4n) is 1.64. The van der Waals surface area contributed by atoms with Crippen molar-refractivity contribution >= 4 is 11.6 Å². The van der Waals surface area contributed by atoms with Gasteiger partial charge in [-0.05, 0) is 31.2 Å². The predicted molar refractivity (Wildman–Crippen MR) is 73.4 cm³/mol. The first-order valence-corrected chi connectivity index (χ1v) is 6.37. The second-order valence-electron chi connectivity index (χ2n) is 3.90. The zero-order valence-corrected chi connectivity index (χ0v) is 11.3. The monoisotopic (exact) mass is 280 g/mol. The Morgan fingerprint density at radius 3 is 2.37 bits per heavy atom. The van der Waals surface area contributed by atoms with E-state index < -0.39 is 0 Å². The molecule has 0 N–H and O–H groups in total. The van der Waals surface area contributed by atoms with Crippen LogP contribution in [-0.2, 0) is 6.61 Å². The van der Waals surface area contributed by atoms with Crippen LogP contribution >= 0.6 is 11.6 Å². The highest BCUT2D eigenvalue weighted by molar-refractivity contribution is 6.31. The number of hydrogen-bond acceptors (Lipinski definition) is 2. The summed E-state index contributed by atoms with van der Waals surface area (Å²) in [4.78, 5) is 0. The van der Waals surface area contributed by atoms with E-state index in [-0.39, 0.29) is 12.4 Å². The van der Waals surface area contributed by atoms with E-state index >= 15 is 0 Å². The summed E-state index contributed by atoms with van der Waals surface area (Å²) >= 11 is 5.95. The lowest BCUT2D eigenvalue weighted by Gasteiger charge is -2.12. The molecule has 2 nitrogen and oxygen atoms in total. The van der Waals surface area contributed by atoms with E-state index in [1.54, 1.807) is 6.07 Å². The molecule has 0 amide bonds. The van der Waals surface area contributed by atoms with Gasteiger partial charge in [-0.1, -0.05) is 29.8 Å². The van der Waals surface area contributed by atoms with Gasteiger partial charge in [-0.25, -0.2) is 4.39 Å². The van der Waals surface area contributed by atoms with Crippen molar-refractivity contribution in [1.29, 1.82) is 0 Å². The van der Waals surface area contributed by atoms with Crippen molar-refractivity contribution < 1.29 is 13.9 Å². The summed E-state index contributed by atoms with van der Waals surface area (Å²) in [5.74, 6) is 0.969. The summed E-state index contributed by atoms with van der Waals surface area (Å²) in [6, 6.07) is 11.6. The van der Waals surface area contributed by atoms with Gasteiger partial charge in [0.1, 0.15) is 12.4 Å². The molecule has 0 aliphatic carbocycles. The smallest absolute Gasteiger partial charge is 0.161 e. The van der Waals surface area contributed by atoms with Crippen LogP contribution in [0.1, 0.15) is 12.5 Å². The van der Waals surface area contributed by atoms with Crippen molar-refractivity contribution in [3.63, 3.8) is 0 Å². The fourth-order valence-corrected chi connectivity index (χ4v) is 1.86. The molecule has 2 aromatic rings. The Bertz CT molecular complexity index is 558. The van der Waals surface area contributed by atoms with E-state index in [1.165, 1.54) is 12.1 Å². The van der Waals surface area contributed by atoms with E-state index in [9.17, 15) is 4.39 Å². The lowest BCUT2D eigenvalue weighted by molar-refractivity contribution is 0.269. The highest BCUT2D eigenvalue weighted by Gasteiger charge is 2.06. The molecule has 0 radical (unpaired) electrons. The Hall–Kier alpha value is -1.74. The lowest BCUT2D eigenvalue weighted by atomic mass is 10.2. The second kappa shape index (κ2) is 6.43. The largest absolute Gasteiger partial charge is 0.490 e. The number of para-hydroxylation sites is 2. The number of rotatable bonds is 5. The molecule has 100 valence electrons. The number of hydrogen-bond donors (Lipinski definition) is 0. The zero-order valence-electron chi connectivity index (χ0n) is 10.5. The third-order valence-corrected chi connectivity index (χ3v) is 2.90. The van der Waals surface area contributed by atoms with Crippen LogP contribution in [0.15, 0.2) is 42.5 Å². The first kappa shape index (κ1) is 13.7. The molecular weight excluding hydrogens is 267 g/mol. The van der Waals surface area contributed by atoms with Crippen LogP contribution in [0.4, 0.5) is 4.39 Å². The Morgan fingerprint density at radius 1 is 1.05 bits per heavy atom. The first-order valence-electron chi connectivity index (χ1n) is 5.99. The van der Waals surface area contributed by atoms with E-state index in [0.29, 0.717) is 23.1 Å². The molecule has 0 spiro atoms. The van der Waals surface area contributed by atoms with Crippen molar-refractivity contribution in [2.24, 2.45) is 0 Å². The summed E-state index contributed by atoms with van der Waals surface area (Å²) in [7, 11) is 0. The van der Waals surface area contributed by atoms with Crippen LogP contribution in [0.3, 0.4) is 0 Å². The maximum Gasteiger partial charge on any atom is 0.161 e. The van der Waals surface area contributed by atoms with E-state index in [1.807, 2.05) is 31.2 Å². The minimum absolute atomic E-state index is 0.267. The first-order chi connectivity index (χ1) is 9.20. The molecular formula is C15H14ClFO2. The molecule has 4 heteroatoms. The van der Waals surface area contributed by atoms with Crippen LogP contribution in [0.5, 0.6) is 11.5 Å². The Labute approximate surface area is 116 Å². The minimum Gasteiger partial charge on any atom is -0.490 e. The third-order valence-electron chi connectivity index (χ3n) is 2.55. The third kappa shape index (κ3) is 3.61. The van der Waals surface area contributed by atoms with Gasteiger partial charge in [-0.3, -0.25) is 0 Å². The lowest BCUT2D eigenvalue weighted by Crippen LogP contribution is -2.00. The number of benzene rings is 2. The molecule has 0 aliphatic rings. The van der Waals surface area contributed by atoms with Gasteiger partial charge < -0.3 is 9.47 Å². The Kier molecular flexibility index (Phi) is 4.63. The van der Waals surface area contributed by atoms with E-state index in [2.05, 4.69) is 0 Å². The topological polar surface area (TPSA) is 18.5 Å². The van der Waals surface area contributed by atoms with Gasteiger partial charge in [0.15, 0.2) is 11.5 Å². The maximum atomic E-state index is 12.9. The molecule has 0 aromatic heterocycles. The highest BCUT2D eigenvalue weighted by atomic mass is 35.5. The van der Waals surface area contributed by atoms with Crippen LogP contribution in [0, 0.1) is 5.82 Å². The van der Waals surface area contributed by atoms with Crippen molar-refractivity contribution in [2.45, 2.75) is 13.5 Å². The molecule has 0 saturated carbocycles. The quantitative estimate of drug-likeness (QED) is 0.805. The van der Waals surface area contributed by atoms with Crippen LogP contribution in [0.25, 0.3) is 0 Å². The summed E-state index contributed by atoms with van der Waals surface area (Å²) in [5, 5.41) is 0.355. The van der Waals surface area contributed by atoms with Crippen LogP contribution in [-0.4, -0.2) is 6.61 Å². The van der Waals surface area contributed by atoms with Gasteiger partial charge >= 0.3 is 0 Å². The van der Waals surface area contributed by atoms with Gasteiger partial charge in [0, 0.05) is 5.56 Å². The van der Waals surface area contributed by atoms with Gasteiger partial charge in [0.05, 0.1) is 11.6 Å². The summed E-state index contributed by atoms with van der Waals surface area (Å²) in [6.07, 6.45) is 0. The average molecular weight is 281 g/mol. The molecule has 2 rings (SSSR count). The summed E-state index contributed by atoms with van der Waals surface area (Å²) in [6.45, 7) is 2.74. The Balaban J connectivity index is 2.10. The van der Waals surface area contributed by atoms with Crippen molar-refractivity contribution in [3.8, 4) is 11.5 Å². The van der Waals surface area contributed by atoms with Crippen molar-refractivity contribution in [3.05, 3.63) is 58.9 Å². The molecule has 0 unspecified atom stereocenters. The summed E-state index contributed by atoms with van der Waals surface area (Å²) in [5.41, 5.74) is 0.731. The van der Waals surface area contributed by atoms with Crippen molar-refractivity contribution in [2.75, 3.05) is 6.61 Å². The SMILES string of the molecule is CCOc1ccccc1OCc1ccc(F)cc1Cl. The fraction of sp³-hybridized carbons (Fsp3) is 0.200. The molecule has 0 saturated heterocycles. The molecule has 2 aromatic carbocycles. The van der Waals surface area contributed by atoms with Gasteiger partial charge in [0.25, 0.3) is 0 Å².